The lowest BCUT2D eigenvalue weighted by atomic mass is 9.80. The Hall–Kier alpha value is -4.92. The first kappa shape index (κ1) is 45.5. The van der Waals surface area contributed by atoms with Gasteiger partial charge in [-0.15, -0.1) is 0 Å². The van der Waals surface area contributed by atoms with Crippen molar-refractivity contribution >= 4 is 35.4 Å². The summed E-state index contributed by atoms with van der Waals surface area (Å²) in [6.45, 7) is 4.54. The Labute approximate surface area is 330 Å². The Morgan fingerprint density at radius 1 is 0.750 bits per heavy atom. The van der Waals surface area contributed by atoms with Gasteiger partial charge in [-0.3, -0.25) is 28.8 Å². The number of hydrogen-bond donors (Lipinski definition) is 8. The Morgan fingerprint density at radius 2 is 1.25 bits per heavy atom. The highest BCUT2D eigenvalue weighted by Gasteiger charge is 2.37. The predicted molar refractivity (Wildman–Crippen MR) is 215 cm³/mol. The number of carboxylic acids is 1. The molecule has 0 spiro atoms. The van der Waals surface area contributed by atoms with Crippen LogP contribution >= 0.6 is 0 Å². The number of benzene rings is 2. The van der Waals surface area contributed by atoms with E-state index in [4.69, 9.17) is 17.2 Å². The molecule has 0 aliphatic carbocycles. The Balaban J connectivity index is 2.06. The molecule has 3 rings (SSSR count). The molecule has 2 aromatic rings. The molecule has 0 fully saturated rings. The van der Waals surface area contributed by atoms with Gasteiger partial charge in [-0.1, -0.05) is 86.7 Å². The van der Waals surface area contributed by atoms with Crippen LogP contribution in [0.3, 0.4) is 0 Å². The van der Waals surface area contributed by atoms with E-state index in [1.807, 2.05) is 74.5 Å². The first-order valence-corrected chi connectivity index (χ1v) is 19.7. The maximum atomic E-state index is 14.5. The van der Waals surface area contributed by atoms with Crippen LogP contribution in [-0.4, -0.2) is 83.8 Å². The molecule has 0 radical (unpaired) electrons. The van der Waals surface area contributed by atoms with Crippen molar-refractivity contribution in [2.24, 2.45) is 29.0 Å². The van der Waals surface area contributed by atoms with E-state index >= 15 is 0 Å². The fourth-order valence-corrected chi connectivity index (χ4v) is 6.87. The minimum absolute atomic E-state index is 0.00130. The zero-order valence-corrected chi connectivity index (χ0v) is 32.7. The second-order valence-electron chi connectivity index (χ2n) is 14.9. The first-order chi connectivity index (χ1) is 26.9. The molecule has 6 atom stereocenters. The number of nitrogens with one attached hydrogen (secondary N) is 4. The summed E-state index contributed by atoms with van der Waals surface area (Å²) < 4.78 is 0. The van der Waals surface area contributed by atoms with Crippen LogP contribution in [0.5, 0.6) is 0 Å². The third kappa shape index (κ3) is 14.6. The second kappa shape index (κ2) is 23.9. The molecule has 0 aromatic heterocycles. The molecule has 2 aromatic carbocycles. The number of aliphatic carboxylic acids is 1. The van der Waals surface area contributed by atoms with Crippen molar-refractivity contribution in [2.75, 3.05) is 13.1 Å². The molecule has 306 valence electrons. The highest BCUT2D eigenvalue weighted by Crippen LogP contribution is 2.31. The standard InChI is InChI=1S/C42H61N7O7/c1-27(2)25-30(42(55)56)26-35(50)37(36(28-15-5-3-6-16-28)29-17-7-4-8-18-29)49-41(54)34-20-10-9-19-31(45)38(51)46-32(21-11-13-23-43)39(52)47-33(40(53)48-34)22-12-14-24-44/h3-10,15-18,27,30-34,36-37H,11-14,19-26,43-45H2,1-2H3,(H,46,51)(H,47,52)(H,48,53)(H,49,54)(H,55,56)/t30-,31+,32+,33+,34+,37-/m1/s1. The molecule has 1 aliphatic heterocycles. The Kier molecular flexibility index (Phi) is 19.4. The van der Waals surface area contributed by atoms with Gasteiger partial charge < -0.3 is 43.6 Å². The summed E-state index contributed by atoms with van der Waals surface area (Å²) in [4.78, 5) is 82.0. The summed E-state index contributed by atoms with van der Waals surface area (Å²) in [6.07, 6.45) is 5.99. The van der Waals surface area contributed by atoms with Crippen LogP contribution in [0.1, 0.15) is 95.1 Å². The van der Waals surface area contributed by atoms with Gasteiger partial charge in [0.2, 0.25) is 23.6 Å². The monoisotopic (exact) mass is 775 g/mol. The first-order valence-electron chi connectivity index (χ1n) is 19.7. The number of Topliss-reactive ketones (excluding diaryl/α,β-unsaturated/α-hetero) is 1. The number of amides is 4. The summed E-state index contributed by atoms with van der Waals surface area (Å²) in [5, 5.41) is 21.3. The van der Waals surface area contributed by atoms with Gasteiger partial charge in [-0.05, 0) is 87.9 Å². The van der Waals surface area contributed by atoms with E-state index in [1.165, 1.54) is 0 Å². The van der Waals surface area contributed by atoms with Crippen molar-refractivity contribution in [3.63, 3.8) is 0 Å². The number of nitrogens with two attached hydrogens (primary N) is 3. The SMILES string of the molecule is CC(C)C[C@H](CC(=O)[C@@H](NC(=O)[C@@H]1CC=CC[C@H](N)C(=O)N[C@@H](CCCCN)C(=O)N[C@@H](CCCCN)C(=O)N1)C(c1ccccc1)c1ccccc1)C(=O)O. The van der Waals surface area contributed by atoms with Gasteiger partial charge in [0.25, 0.3) is 0 Å². The molecule has 11 N–H and O–H groups in total. The number of carbonyl (C=O) groups excluding carboxylic acids is 5. The Morgan fingerprint density at radius 3 is 1.75 bits per heavy atom. The third-order valence-electron chi connectivity index (χ3n) is 9.91. The molecule has 1 heterocycles. The van der Waals surface area contributed by atoms with Gasteiger partial charge in [-0.2, -0.15) is 0 Å². The molecule has 0 saturated heterocycles. The predicted octanol–water partition coefficient (Wildman–Crippen LogP) is 2.40. The zero-order valence-electron chi connectivity index (χ0n) is 32.7. The molecule has 4 amide bonds. The minimum atomic E-state index is -1.23. The lowest BCUT2D eigenvalue weighted by molar-refractivity contribution is -0.144. The largest absolute Gasteiger partial charge is 0.481 e. The highest BCUT2D eigenvalue weighted by molar-refractivity contribution is 5.97. The zero-order chi connectivity index (χ0) is 41.0. The summed E-state index contributed by atoms with van der Waals surface area (Å²) in [6, 6.07) is 12.8. The van der Waals surface area contributed by atoms with Crippen molar-refractivity contribution in [3.05, 3.63) is 83.9 Å². The maximum absolute atomic E-state index is 14.5. The molecular formula is C42H61N7O7. The average molecular weight is 776 g/mol. The van der Waals surface area contributed by atoms with Crippen LogP contribution in [0.4, 0.5) is 0 Å². The van der Waals surface area contributed by atoms with Crippen molar-refractivity contribution in [1.82, 2.24) is 21.3 Å². The van der Waals surface area contributed by atoms with Crippen LogP contribution in [0.15, 0.2) is 72.8 Å². The van der Waals surface area contributed by atoms with E-state index in [1.54, 1.807) is 12.2 Å². The van der Waals surface area contributed by atoms with Crippen molar-refractivity contribution in [2.45, 2.75) is 114 Å². The second-order valence-corrected chi connectivity index (χ2v) is 14.9. The quantitative estimate of drug-likeness (QED) is 0.0765. The number of hydrogen-bond acceptors (Lipinski definition) is 9. The van der Waals surface area contributed by atoms with Crippen molar-refractivity contribution < 1.29 is 33.9 Å². The molecule has 0 unspecified atom stereocenters. The Bertz CT molecular complexity index is 1570. The summed E-state index contributed by atoms with van der Waals surface area (Å²) >= 11 is 0. The molecule has 0 bridgehead atoms. The van der Waals surface area contributed by atoms with E-state index in [2.05, 4.69) is 21.3 Å². The highest BCUT2D eigenvalue weighted by atomic mass is 16.4. The fourth-order valence-electron chi connectivity index (χ4n) is 6.87. The molecular weight excluding hydrogens is 715 g/mol. The molecule has 56 heavy (non-hydrogen) atoms. The third-order valence-corrected chi connectivity index (χ3v) is 9.91. The maximum Gasteiger partial charge on any atom is 0.306 e. The number of rotatable bonds is 19. The molecule has 0 saturated carbocycles. The van der Waals surface area contributed by atoms with Gasteiger partial charge in [0.15, 0.2) is 5.78 Å². The van der Waals surface area contributed by atoms with E-state index in [0.29, 0.717) is 38.8 Å². The van der Waals surface area contributed by atoms with E-state index < -0.39 is 77.4 Å². The van der Waals surface area contributed by atoms with Gasteiger partial charge >= 0.3 is 5.97 Å². The number of carbonyl (C=O) groups is 6. The van der Waals surface area contributed by atoms with E-state index in [-0.39, 0.29) is 44.4 Å². The van der Waals surface area contributed by atoms with Crippen LogP contribution in [-0.2, 0) is 28.8 Å². The number of ketones is 1. The van der Waals surface area contributed by atoms with E-state index in [9.17, 15) is 33.9 Å². The minimum Gasteiger partial charge on any atom is -0.481 e. The molecule has 14 heteroatoms. The van der Waals surface area contributed by atoms with Gasteiger partial charge in [0.1, 0.15) is 18.1 Å². The van der Waals surface area contributed by atoms with Crippen molar-refractivity contribution in [3.8, 4) is 0 Å². The van der Waals surface area contributed by atoms with Crippen LogP contribution in [0.2, 0.25) is 0 Å². The lowest BCUT2D eigenvalue weighted by Crippen LogP contribution is -2.59. The smallest absolute Gasteiger partial charge is 0.306 e. The van der Waals surface area contributed by atoms with Crippen molar-refractivity contribution in [1.29, 1.82) is 0 Å². The number of carboxylic acid groups (broad SMARTS) is 1. The normalized spacial score (nSPS) is 20.7. The molecule has 14 nitrogen and oxygen atoms in total. The van der Waals surface area contributed by atoms with Crippen LogP contribution in [0, 0.1) is 11.8 Å². The van der Waals surface area contributed by atoms with E-state index in [0.717, 1.165) is 11.1 Å². The van der Waals surface area contributed by atoms with Gasteiger partial charge in [0.05, 0.1) is 18.0 Å². The van der Waals surface area contributed by atoms with Gasteiger partial charge in [0, 0.05) is 12.3 Å². The fraction of sp³-hybridized carbons (Fsp3) is 0.524. The van der Waals surface area contributed by atoms with Gasteiger partial charge in [-0.25, -0.2) is 0 Å². The van der Waals surface area contributed by atoms with Crippen LogP contribution < -0.4 is 38.5 Å². The number of unbranched alkanes of at least 4 members (excludes halogenated alkanes) is 2. The molecule has 1 aliphatic rings. The lowest BCUT2D eigenvalue weighted by Gasteiger charge is -2.31. The average Bonchev–Trinajstić information content (AvgIpc) is 3.17. The topological polar surface area (TPSA) is 249 Å². The summed E-state index contributed by atoms with van der Waals surface area (Å²) in [5.74, 6) is -5.69. The summed E-state index contributed by atoms with van der Waals surface area (Å²) in [7, 11) is 0. The van der Waals surface area contributed by atoms with Crippen LogP contribution in [0.25, 0.3) is 0 Å². The summed E-state index contributed by atoms with van der Waals surface area (Å²) in [5.41, 5.74) is 19.0.